The number of carbonyl (C=O) groups excluding carboxylic acids is 1. The third kappa shape index (κ3) is 7.34. The third-order valence-corrected chi connectivity index (χ3v) is 3.14. The molecule has 0 atom stereocenters. The van der Waals surface area contributed by atoms with Crippen LogP contribution in [0, 0.1) is 0 Å². The Morgan fingerprint density at radius 1 is 1.24 bits per heavy atom. The molecule has 0 radical (unpaired) electrons. The van der Waals surface area contributed by atoms with E-state index in [1.165, 1.54) is 32.1 Å². The first-order chi connectivity index (χ1) is 8.33. The highest BCUT2D eigenvalue weighted by molar-refractivity contribution is 5.75. The van der Waals surface area contributed by atoms with Gasteiger partial charge in [0.05, 0.1) is 12.7 Å². The quantitative estimate of drug-likeness (QED) is 0.637. The summed E-state index contributed by atoms with van der Waals surface area (Å²) in [6, 6.07) is 0. The topological polar surface area (TPSA) is 58.6 Å². The lowest BCUT2D eigenvalue weighted by molar-refractivity contribution is -0.121. The van der Waals surface area contributed by atoms with E-state index in [1.807, 2.05) is 0 Å². The van der Waals surface area contributed by atoms with Gasteiger partial charge in [0.15, 0.2) is 0 Å². The van der Waals surface area contributed by atoms with Crippen LogP contribution in [0.5, 0.6) is 0 Å². The number of aliphatic hydroxyl groups is 1. The summed E-state index contributed by atoms with van der Waals surface area (Å²) >= 11 is 0. The highest BCUT2D eigenvalue weighted by Crippen LogP contribution is 2.19. The fraction of sp³-hybridized carbons (Fsp3) is 0.923. The summed E-state index contributed by atoms with van der Waals surface area (Å²) in [6.07, 6.45) is 8.60. The van der Waals surface area contributed by atoms with Gasteiger partial charge in [-0.2, -0.15) is 0 Å². The number of carbonyl (C=O) groups is 1. The monoisotopic (exact) mass is 243 g/mol. The minimum atomic E-state index is 0.0608. The van der Waals surface area contributed by atoms with E-state index in [0.29, 0.717) is 32.1 Å². The summed E-state index contributed by atoms with van der Waals surface area (Å²) in [5, 5.41) is 11.4. The molecule has 0 aliphatic heterocycles. The Labute approximate surface area is 104 Å². The van der Waals surface area contributed by atoms with Crippen molar-refractivity contribution < 1.29 is 14.6 Å². The molecular formula is C13H25NO3. The summed E-state index contributed by atoms with van der Waals surface area (Å²) in [6.45, 7) is 1.39. The molecule has 1 amide bonds. The highest BCUT2D eigenvalue weighted by atomic mass is 16.5. The molecule has 0 aromatic carbocycles. The Balaban J connectivity index is 1.90. The predicted octanol–water partition coefficient (Wildman–Crippen LogP) is 1.61. The maximum atomic E-state index is 11.3. The molecule has 0 aromatic heterocycles. The van der Waals surface area contributed by atoms with E-state index >= 15 is 0 Å². The molecule has 0 bridgehead atoms. The Morgan fingerprint density at radius 3 is 2.71 bits per heavy atom. The van der Waals surface area contributed by atoms with Gasteiger partial charge in [-0.1, -0.05) is 19.3 Å². The molecule has 2 N–H and O–H groups in total. The minimum Gasteiger partial charge on any atom is -0.396 e. The Bertz CT molecular complexity index is 203. The van der Waals surface area contributed by atoms with Crippen LogP contribution in [-0.2, 0) is 9.53 Å². The predicted molar refractivity (Wildman–Crippen MR) is 66.8 cm³/mol. The average Bonchev–Trinajstić information content (AvgIpc) is 2.36. The molecule has 1 aliphatic rings. The van der Waals surface area contributed by atoms with Gasteiger partial charge in [-0.3, -0.25) is 4.79 Å². The zero-order valence-electron chi connectivity index (χ0n) is 10.6. The second-order valence-corrected chi connectivity index (χ2v) is 4.66. The normalized spacial score (nSPS) is 17.0. The van der Waals surface area contributed by atoms with Crippen molar-refractivity contribution in [3.05, 3.63) is 0 Å². The van der Waals surface area contributed by atoms with Gasteiger partial charge in [0.2, 0.25) is 5.91 Å². The number of nitrogens with one attached hydrogen (secondary N) is 1. The zero-order chi connectivity index (χ0) is 12.3. The standard InChI is InChI=1S/C13H25NO3/c15-10-5-4-8-13(16)14-9-11-17-12-6-2-1-3-7-12/h12,15H,1-11H2,(H,14,16). The van der Waals surface area contributed by atoms with Crippen molar-refractivity contribution in [2.24, 2.45) is 0 Å². The van der Waals surface area contributed by atoms with E-state index in [-0.39, 0.29) is 12.5 Å². The highest BCUT2D eigenvalue weighted by Gasteiger charge is 2.13. The van der Waals surface area contributed by atoms with Gasteiger partial charge in [0, 0.05) is 19.6 Å². The molecule has 1 fully saturated rings. The van der Waals surface area contributed by atoms with Crippen LogP contribution < -0.4 is 5.32 Å². The van der Waals surface area contributed by atoms with Crippen LogP contribution in [0.3, 0.4) is 0 Å². The van der Waals surface area contributed by atoms with Crippen LogP contribution >= 0.6 is 0 Å². The molecule has 0 heterocycles. The SMILES string of the molecule is O=C(CCCCO)NCCOC1CCCCC1. The van der Waals surface area contributed by atoms with Crippen LogP contribution in [0.1, 0.15) is 51.4 Å². The van der Waals surface area contributed by atoms with E-state index in [2.05, 4.69) is 5.32 Å². The summed E-state index contributed by atoms with van der Waals surface area (Å²) in [5.74, 6) is 0.0608. The van der Waals surface area contributed by atoms with Gasteiger partial charge >= 0.3 is 0 Å². The molecule has 0 saturated heterocycles. The lowest BCUT2D eigenvalue weighted by Crippen LogP contribution is -2.29. The summed E-state index contributed by atoms with van der Waals surface area (Å²) in [5.41, 5.74) is 0. The molecule has 4 heteroatoms. The zero-order valence-corrected chi connectivity index (χ0v) is 10.6. The number of hydrogen-bond donors (Lipinski definition) is 2. The summed E-state index contributed by atoms with van der Waals surface area (Å²) in [7, 11) is 0. The third-order valence-electron chi connectivity index (χ3n) is 3.14. The van der Waals surface area contributed by atoms with Gasteiger partial charge in [-0.25, -0.2) is 0 Å². The molecule has 1 saturated carbocycles. The maximum absolute atomic E-state index is 11.3. The molecule has 1 rings (SSSR count). The molecule has 17 heavy (non-hydrogen) atoms. The molecule has 0 aromatic rings. The van der Waals surface area contributed by atoms with Crippen molar-refractivity contribution in [1.82, 2.24) is 5.32 Å². The first kappa shape index (κ1) is 14.5. The minimum absolute atomic E-state index is 0.0608. The van der Waals surface area contributed by atoms with Crippen molar-refractivity contribution in [2.45, 2.75) is 57.5 Å². The van der Waals surface area contributed by atoms with Gasteiger partial charge in [0.1, 0.15) is 0 Å². The number of aliphatic hydroxyl groups excluding tert-OH is 1. The second-order valence-electron chi connectivity index (χ2n) is 4.66. The Hall–Kier alpha value is -0.610. The maximum Gasteiger partial charge on any atom is 0.220 e. The summed E-state index contributed by atoms with van der Waals surface area (Å²) < 4.78 is 5.70. The fourth-order valence-electron chi connectivity index (χ4n) is 2.13. The van der Waals surface area contributed by atoms with Gasteiger partial charge in [-0.05, 0) is 25.7 Å². The van der Waals surface area contributed by atoms with Crippen LogP contribution in [0.4, 0.5) is 0 Å². The van der Waals surface area contributed by atoms with Gasteiger partial charge in [-0.15, -0.1) is 0 Å². The first-order valence-electron chi connectivity index (χ1n) is 6.82. The number of hydrogen-bond acceptors (Lipinski definition) is 3. The number of ether oxygens (including phenoxy) is 1. The van der Waals surface area contributed by atoms with Gasteiger partial charge < -0.3 is 15.2 Å². The summed E-state index contributed by atoms with van der Waals surface area (Å²) in [4.78, 5) is 11.3. The molecular weight excluding hydrogens is 218 g/mol. The van der Waals surface area contributed by atoms with E-state index in [4.69, 9.17) is 9.84 Å². The molecule has 4 nitrogen and oxygen atoms in total. The van der Waals surface area contributed by atoms with Crippen molar-refractivity contribution in [1.29, 1.82) is 0 Å². The van der Waals surface area contributed by atoms with Crippen molar-refractivity contribution >= 4 is 5.91 Å². The van der Waals surface area contributed by atoms with Crippen LogP contribution in [-0.4, -0.2) is 36.9 Å². The molecule has 1 aliphatic carbocycles. The fourth-order valence-corrected chi connectivity index (χ4v) is 2.13. The number of amides is 1. The van der Waals surface area contributed by atoms with Crippen LogP contribution in [0.25, 0.3) is 0 Å². The molecule has 0 unspecified atom stereocenters. The average molecular weight is 243 g/mol. The largest absolute Gasteiger partial charge is 0.396 e. The second kappa shape index (κ2) is 9.42. The van der Waals surface area contributed by atoms with Crippen molar-refractivity contribution in [3.8, 4) is 0 Å². The molecule has 100 valence electrons. The first-order valence-corrected chi connectivity index (χ1v) is 6.82. The molecule has 0 spiro atoms. The lowest BCUT2D eigenvalue weighted by atomic mass is 9.98. The Morgan fingerprint density at radius 2 is 2.00 bits per heavy atom. The smallest absolute Gasteiger partial charge is 0.220 e. The number of unbranched alkanes of at least 4 members (excludes halogenated alkanes) is 1. The van der Waals surface area contributed by atoms with E-state index in [9.17, 15) is 4.79 Å². The van der Waals surface area contributed by atoms with E-state index < -0.39 is 0 Å². The lowest BCUT2D eigenvalue weighted by Gasteiger charge is -2.21. The number of rotatable bonds is 8. The van der Waals surface area contributed by atoms with Crippen LogP contribution in [0.2, 0.25) is 0 Å². The van der Waals surface area contributed by atoms with Crippen LogP contribution in [0.15, 0.2) is 0 Å². The van der Waals surface area contributed by atoms with Crippen molar-refractivity contribution in [2.75, 3.05) is 19.8 Å². The van der Waals surface area contributed by atoms with E-state index in [1.54, 1.807) is 0 Å². The van der Waals surface area contributed by atoms with Crippen molar-refractivity contribution in [3.63, 3.8) is 0 Å². The van der Waals surface area contributed by atoms with E-state index in [0.717, 1.165) is 6.42 Å². The Kier molecular flexibility index (Phi) is 8.01. The van der Waals surface area contributed by atoms with Gasteiger partial charge in [0.25, 0.3) is 0 Å².